The molecule has 0 radical (unpaired) electrons. The first kappa shape index (κ1) is 14.3. The smallest absolute Gasteiger partial charge is 0.0336 e. The van der Waals surface area contributed by atoms with Gasteiger partial charge in [0.1, 0.15) is 0 Å². The lowest BCUT2D eigenvalue weighted by atomic mass is 9.97. The number of rotatable bonds is 3. The van der Waals surface area contributed by atoms with Gasteiger partial charge in [0.05, 0.1) is 0 Å². The fourth-order valence-corrected chi connectivity index (χ4v) is 2.97. The van der Waals surface area contributed by atoms with Crippen LogP contribution in [0.4, 0.5) is 0 Å². The standard InChI is InChI=1S/C19H18BrN/c1-13-6-8-17(12-18(13)20)19(21)11-14-7-9-15-4-2-3-5-16(15)10-14/h2-10,12,19H,11,21H2,1H3. The highest BCUT2D eigenvalue weighted by Gasteiger charge is 2.09. The number of benzene rings is 3. The quantitative estimate of drug-likeness (QED) is 0.701. The fourth-order valence-electron chi connectivity index (χ4n) is 2.58. The summed E-state index contributed by atoms with van der Waals surface area (Å²) in [5, 5.41) is 2.54. The maximum Gasteiger partial charge on any atom is 0.0336 e. The molecule has 3 rings (SSSR count). The minimum Gasteiger partial charge on any atom is -0.324 e. The third kappa shape index (κ3) is 3.17. The predicted molar refractivity (Wildman–Crippen MR) is 93.5 cm³/mol. The molecule has 0 aliphatic rings. The molecule has 0 aromatic heterocycles. The van der Waals surface area contributed by atoms with Crippen LogP contribution in [0.25, 0.3) is 10.8 Å². The van der Waals surface area contributed by atoms with Crippen molar-refractivity contribution in [1.29, 1.82) is 0 Å². The minimum atomic E-state index is 0.0167. The van der Waals surface area contributed by atoms with Gasteiger partial charge >= 0.3 is 0 Å². The molecule has 106 valence electrons. The molecule has 0 fully saturated rings. The first-order valence-corrected chi connectivity index (χ1v) is 7.92. The average molecular weight is 340 g/mol. The Hall–Kier alpha value is -1.64. The Balaban J connectivity index is 1.85. The van der Waals surface area contributed by atoms with Gasteiger partial charge < -0.3 is 5.73 Å². The summed E-state index contributed by atoms with van der Waals surface area (Å²) >= 11 is 3.58. The van der Waals surface area contributed by atoms with E-state index in [0.29, 0.717) is 0 Å². The molecule has 2 N–H and O–H groups in total. The van der Waals surface area contributed by atoms with E-state index in [1.165, 1.54) is 27.5 Å². The molecule has 1 atom stereocenters. The highest BCUT2D eigenvalue weighted by atomic mass is 79.9. The number of aryl methyl sites for hydroxylation is 1. The topological polar surface area (TPSA) is 26.0 Å². The minimum absolute atomic E-state index is 0.0167. The van der Waals surface area contributed by atoms with Crippen molar-refractivity contribution in [1.82, 2.24) is 0 Å². The van der Waals surface area contributed by atoms with Crippen LogP contribution in [0.15, 0.2) is 65.1 Å². The van der Waals surface area contributed by atoms with Gasteiger partial charge in [-0.2, -0.15) is 0 Å². The molecular formula is C19H18BrN. The molecule has 21 heavy (non-hydrogen) atoms. The molecule has 0 saturated heterocycles. The van der Waals surface area contributed by atoms with Crippen LogP contribution in [0.2, 0.25) is 0 Å². The lowest BCUT2D eigenvalue weighted by Crippen LogP contribution is -2.13. The van der Waals surface area contributed by atoms with E-state index < -0.39 is 0 Å². The second-order valence-corrected chi connectivity index (χ2v) is 6.36. The molecule has 3 aromatic rings. The molecule has 0 heterocycles. The summed E-state index contributed by atoms with van der Waals surface area (Å²) in [6, 6.07) is 21.4. The van der Waals surface area contributed by atoms with E-state index in [4.69, 9.17) is 5.73 Å². The second-order valence-electron chi connectivity index (χ2n) is 5.50. The third-order valence-electron chi connectivity index (χ3n) is 3.89. The van der Waals surface area contributed by atoms with E-state index in [1.54, 1.807) is 0 Å². The van der Waals surface area contributed by atoms with E-state index in [-0.39, 0.29) is 6.04 Å². The Morgan fingerprint density at radius 3 is 2.48 bits per heavy atom. The molecule has 0 aliphatic heterocycles. The van der Waals surface area contributed by atoms with Crippen molar-refractivity contribution >= 4 is 26.7 Å². The number of nitrogens with two attached hydrogens (primary N) is 1. The first-order chi connectivity index (χ1) is 10.1. The van der Waals surface area contributed by atoms with Gasteiger partial charge in [-0.05, 0) is 46.9 Å². The summed E-state index contributed by atoms with van der Waals surface area (Å²) in [6.45, 7) is 2.09. The molecule has 0 saturated carbocycles. The Labute approximate surface area is 133 Å². The van der Waals surface area contributed by atoms with Crippen LogP contribution in [0.5, 0.6) is 0 Å². The van der Waals surface area contributed by atoms with Crippen LogP contribution < -0.4 is 5.73 Å². The largest absolute Gasteiger partial charge is 0.324 e. The maximum absolute atomic E-state index is 6.37. The van der Waals surface area contributed by atoms with Crippen molar-refractivity contribution in [2.75, 3.05) is 0 Å². The Kier molecular flexibility index (Phi) is 4.09. The summed E-state index contributed by atoms with van der Waals surface area (Å²) in [7, 11) is 0. The molecule has 3 aromatic carbocycles. The summed E-state index contributed by atoms with van der Waals surface area (Å²) in [5.74, 6) is 0. The van der Waals surface area contributed by atoms with Crippen LogP contribution in [0, 0.1) is 6.92 Å². The highest BCUT2D eigenvalue weighted by molar-refractivity contribution is 9.10. The molecule has 1 unspecified atom stereocenters. The van der Waals surface area contributed by atoms with Crippen LogP contribution in [-0.4, -0.2) is 0 Å². The predicted octanol–water partition coefficient (Wildman–Crippen LogP) is 5.15. The monoisotopic (exact) mass is 339 g/mol. The zero-order valence-electron chi connectivity index (χ0n) is 12.0. The van der Waals surface area contributed by atoms with Crippen molar-refractivity contribution in [3.63, 3.8) is 0 Å². The van der Waals surface area contributed by atoms with Crippen LogP contribution in [0.1, 0.15) is 22.7 Å². The number of fused-ring (bicyclic) bond motifs is 1. The van der Waals surface area contributed by atoms with E-state index in [0.717, 1.165) is 10.9 Å². The molecule has 0 amide bonds. The van der Waals surface area contributed by atoms with Gasteiger partial charge in [-0.3, -0.25) is 0 Å². The first-order valence-electron chi connectivity index (χ1n) is 7.13. The van der Waals surface area contributed by atoms with E-state index in [2.05, 4.69) is 83.5 Å². The normalized spacial score (nSPS) is 12.5. The molecule has 0 aliphatic carbocycles. The number of hydrogen-bond acceptors (Lipinski definition) is 1. The highest BCUT2D eigenvalue weighted by Crippen LogP contribution is 2.24. The lowest BCUT2D eigenvalue weighted by Gasteiger charge is -2.14. The Morgan fingerprint density at radius 2 is 1.71 bits per heavy atom. The van der Waals surface area contributed by atoms with E-state index in [1.807, 2.05) is 0 Å². The van der Waals surface area contributed by atoms with Crippen molar-refractivity contribution < 1.29 is 0 Å². The lowest BCUT2D eigenvalue weighted by molar-refractivity contribution is 0.722. The van der Waals surface area contributed by atoms with E-state index >= 15 is 0 Å². The summed E-state index contributed by atoms with van der Waals surface area (Å²) in [5.41, 5.74) is 10.0. The van der Waals surface area contributed by atoms with Crippen LogP contribution in [0.3, 0.4) is 0 Å². The molecular weight excluding hydrogens is 322 g/mol. The number of halogens is 1. The molecule has 2 heteroatoms. The van der Waals surface area contributed by atoms with Crippen molar-refractivity contribution in [2.45, 2.75) is 19.4 Å². The Bertz CT molecular complexity index is 779. The molecule has 0 spiro atoms. The maximum atomic E-state index is 6.37. The van der Waals surface area contributed by atoms with Crippen molar-refractivity contribution in [3.8, 4) is 0 Å². The van der Waals surface area contributed by atoms with Crippen molar-refractivity contribution in [2.24, 2.45) is 5.73 Å². The summed E-state index contributed by atoms with van der Waals surface area (Å²) < 4.78 is 1.12. The van der Waals surface area contributed by atoms with Gasteiger partial charge in [-0.15, -0.1) is 0 Å². The summed E-state index contributed by atoms with van der Waals surface area (Å²) in [4.78, 5) is 0. The second kappa shape index (κ2) is 6.00. The summed E-state index contributed by atoms with van der Waals surface area (Å²) in [6.07, 6.45) is 0.848. The SMILES string of the molecule is Cc1ccc(C(N)Cc2ccc3ccccc3c2)cc1Br. The van der Waals surface area contributed by atoms with Gasteiger partial charge in [0.15, 0.2) is 0 Å². The van der Waals surface area contributed by atoms with Gasteiger partial charge in [0, 0.05) is 10.5 Å². The third-order valence-corrected chi connectivity index (χ3v) is 4.75. The molecule has 0 bridgehead atoms. The van der Waals surface area contributed by atoms with Crippen LogP contribution >= 0.6 is 15.9 Å². The zero-order chi connectivity index (χ0) is 14.8. The van der Waals surface area contributed by atoms with Gasteiger partial charge in [0.2, 0.25) is 0 Å². The average Bonchev–Trinajstić information content (AvgIpc) is 2.50. The Morgan fingerprint density at radius 1 is 0.952 bits per heavy atom. The number of hydrogen-bond donors (Lipinski definition) is 1. The van der Waals surface area contributed by atoms with E-state index in [9.17, 15) is 0 Å². The van der Waals surface area contributed by atoms with Crippen molar-refractivity contribution in [3.05, 3.63) is 81.8 Å². The molecule has 1 nitrogen and oxygen atoms in total. The fraction of sp³-hybridized carbons (Fsp3) is 0.158. The van der Waals surface area contributed by atoms with Crippen LogP contribution in [-0.2, 0) is 6.42 Å². The van der Waals surface area contributed by atoms with Gasteiger partial charge in [-0.1, -0.05) is 70.5 Å². The zero-order valence-corrected chi connectivity index (χ0v) is 13.6. The van der Waals surface area contributed by atoms with Gasteiger partial charge in [-0.25, -0.2) is 0 Å². The van der Waals surface area contributed by atoms with Gasteiger partial charge in [0.25, 0.3) is 0 Å².